The summed E-state index contributed by atoms with van der Waals surface area (Å²) in [6, 6.07) is 9.51. The molecule has 0 aliphatic heterocycles. The van der Waals surface area contributed by atoms with Crippen LogP contribution in [0.3, 0.4) is 0 Å². The van der Waals surface area contributed by atoms with Crippen molar-refractivity contribution in [2.45, 2.75) is 52.1 Å². The molecule has 1 aromatic rings. The first-order valence-corrected chi connectivity index (χ1v) is 8.34. The molecule has 0 saturated heterocycles. The molecule has 3 nitrogen and oxygen atoms in total. The molecule has 0 heterocycles. The second-order valence-electron chi connectivity index (χ2n) is 6.49. The Kier molecular flexibility index (Phi) is 6.07. The van der Waals surface area contributed by atoms with E-state index < -0.39 is 0 Å². The second-order valence-corrected chi connectivity index (χ2v) is 6.49. The fraction of sp³-hybridized carbons (Fsp3) is 0.667. The number of rotatable bonds is 9. The Balaban J connectivity index is 2.14. The number of nitrogens with zero attached hydrogens (tertiary/aromatic N) is 1. The van der Waals surface area contributed by atoms with Gasteiger partial charge in [0.2, 0.25) is 0 Å². The van der Waals surface area contributed by atoms with Crippen LogP contribution in [-0.2, 0) is 0 Å². The first-order chi connectivity index (χ1) is 10.2. The molecule has 1 saturated carbocycles. The lowest BCUT2D eigenvalue weighted by Gasteiger charge is -2.33. The summed E-state index contributed by atoms with van der Waals surface area (Å²) in [6.45, 7) is 9.25. The summed E-state index contributed by atoms with van der Waals surface area (Å²) in [5.74, 6) is 1.63. The van der Waals surface area contributed by atoms with Crippen LogP contribution in [0.1, 0.15) is 51.6 Å². The molecule has 1 unspecified atom stereocenters. The normalized spacial score (nSPS) is 16.5. The van der Waals surface area contributed by atoms with Crippen LogP contribution in [0.2, 0.25) is 0 Å². The molecule has 21 heavy (non-hydrogen) atoms. The smallest absolute Gasteiger partial charge is 0.119 e. The highest BCUT2D eigenvalue weighted by Gasteiger charge is 2.34. The highest BCUT2D eigenvalue weighted by molar-refractivity contribution is 5.31. The van der Waals surface area contributed by atoms with Crippen molar-refractivity contribution in [1.82, 2.24) is 4.90 Å². The Morgan fingerprint density at radius 2 is 2.10 bits per heavy atom. The van der Waals surface area contributed by atoms with Crippen LogP contribution in [0, 0.1) is 5.92 Å². The summed E-state index contributed by atoms with van der Waals surface area (Å²) < 4.78 is 5.77. The zero-order chi connectivity index (χ0) is 15.2. The molecule has 1 atom stereocenters. The summed E-state index contributed by atoms with van der Waals surface area (Å²) in [4.78, 5) is 2.60. The van der Waals surface area contributed by atoms with Crippen molar-refractivity contribution in [2.75, 3.05) is 19.7 Å². The monoisotopic (exact) mass is 290 g/mol. The van der Waals surface area contributed by atoms with Crippen molar-refractivity contribution < 1.29 is 4.74 Å². The van der Waals surface area contributed by atoms with Gasteiger partial charge in [-0.3, -0.25) is 4.90 Å². The fourth-order valence-corrected chi connectivity index (χ4v) is 2.85. The molecule has 118 valence electrons. The van der Waals surface area contributed by atoms with E-state index in [0.29, 0.717) is 18.5 Å². The number of hydrogen-bond donors (Lipinski definition) is 1. The average molecular weight is 290 g/mol. The van der Waals surface area contributed by atoms with Crippen LogP contribution in [0.15, 0.2) is 24.3 Å². The van der Waals surface area contributed by atoms with Gasteiger partial charge in [-0.2, -0.15) is 0 Å². The summed E-state index contributed by atoms with van der Waals surface area (Å²) in [5, 5.41) is 0. The molecular weight excluding hydrogens is 260 g/mol. The Morgan fingerprint density at radius 1 is 1.33 bits per heavy atom. The van der Waals surface area contributed by atoms with Gasteiger partial charge in [0.1, 0.15) is 5.75 Å². The van der Waals surface area contributed by atoms with E-state index in [1.54, 1.807) is 0 Å². The summed E-state index contributed by atoms with van der Waals surface area (Å²) in [7, 11) is 0. The van der Waals surface area contributed by atoms with E-state index in [1.165, 1.54) is 18.4 Å². The highest BCUT2D eigenvalue weighted by atomic mass is 16.5. The van der Waals surface area contributed by atoms with Gasteiger partial charge in [0.25, 0.3) is 0 Å². The average Bonchev–Trinajstić information content (AvgIpc) is 3.29. The third-order valence-electron chi connectivity index (χ3n) is 3.93. The lowest BCUT2D eigenvalue weighted by atomic mass is 10.0. The zero-order valence-electron chi connectivity index (χ0n) is 13.7. The third kappa shape index (κ3) is 4.72. The quantitative estimate of drug-likeness (QED) is 0.755. The van der Waals surface area contributed by atoms with Crippen molar-refractivity contribution in [2.24, 2.45) is 11.7 Å². The van der Waals surface area contributed by atoms with Crippen molar-refractivity contribution in [1.29, 1.82) is 0 Å². The van der Waals surface area contributed by atoms with E-state index in [4.69, 9.17) is 10.5 Å². The first kappa shape index (κ1) is 16.3. The second kappa shape index (κ2) is 7.81. The largest absolute Gasteiger partial charge is 0.494 e. The number of ether oxygens (including phenoxy) is 1. The molecule has 0 bridgehead atoms. The Morgan fingerprint density at radius 3 is 2.67 bits per heavy atom. The Bertz CT molecular complexity index is 429. The Hall–Kier alpha value is -1.06. The molecule has 2 rings (SSSR count). The molecule has 0 radical (unpaired) electrons. The van der Waals surface area contributed by atoms with Crippen molar-refractivity contribution in [3.8, 4) is 5.75 Å². The predicted octanol–water partition coefficient (Wildman–Crippen LogP) is 3.60. The van der Waals surface area contributed by atoms with Gasteiger partial charge in [-0.05, 0) is 42.9 Å². The maximum Gasteiger partial charge on any atom is 0.119 e. The molecule has 3 heteroatoms. The van der Waals surface area contributed by atoms with Gasteiger partial charge in [-0.1, -0.05) is 32.9 Å². The molecule has 0 spiro atoms. The van der Waals surface area contributed by atoms with E-state index in [9.17, 15) is 0 Å². The summed E-state index contributed by atoms with van der Waals surface area (Å²) in [6.07, 6.45) is 3.66. The maximum absolute atomic E-state index is 6.11. The van der Waals surface area contributed by atoms with Gasteiger partial charge in [-0.15, -0.1) is 0 Å². The van der Waals surface area contributed by atoms with Crippen LogP contribution >= 0.6 is 0 Å². The lowest BCUT2D eigenvalue weighted by Crippen LogP contribution is -2.38. The molecule has 0 aromatic heterocycles. The standard InChI is InChI=1S/C18H30N2O/c1-4-10-21-17-7-5-6-15(11-17)18(12-19)20(13-14(2)3)16-8-9-16/h5-7,11,14,16,18H,4,8-10,12-13,19H2,1-3H3. The minimum Gasteiger partial charge on any atom is -0.494 e. The summed E-state index contributed by atoms with van der Waals surface area (Å²) in [5.41, 5.74) is 7.41. The van der Waals surface area contributed by atoms with Gasteiger partial charge in [-0.25, -0.2) is 0 Å². The molecule has 1 aromatic carbocycles. The van der Waals surface area contributed by atoms with Gasteiger partial charge in [0, 0.05) is 25.2 Å². The zero-order valence-corrected chi connectivity index (χ0v) is 13.7. The minimum absolute atomic E-state index is 0.310. The van der Waals surface area contributed by atoms with E-state index in [2.05, 4.69) is 43.9 Å². The third-order valence-corrected chi connectivity index (χ3v) is 3.93. The van der Waals surface area contributed by atoms with Gasteiger partial charge >= 0.3 is 0 Å². The van der Waals surface area contributed by atoms with E-state index >= 15 is 0 Å². The van der Waals surface area contributed by atoms with Crippen molar-refractivity contribution >= 4 is 0 Å². The maximum atomic E-state index is 6.11. The van der Waals surface area contributed by atoms with Crippen LogP contribution in [0.5, 0.6) is 5.75 Å². The molecular formula is C18H30N2O. The van der Waals surface area contributed by atoms with Gasteiger partial charge in [0.05, 0.1) is 6.61 Å². The first-order valence-electron chi connectivity index (χ1n) is 8.34. The van der Waals surface area contributed by atoms with Crippen molar-refractivity contribution in [3.63, 3.8) is 0 Å². The minimum atomic E-state index is 0.310. The van der Waals surface area contributed by atoms with Crippen LogP contribution < -0.4 is 10.5 Å². The van der Waals surface area contributed by atoms with Crippen LogP contribution in [0.25, 0.3) is 0 Å². The highest BCUT2D eigenvalue weighted by Crippen LogP contribution is 2.35. The van der Waals surface area contributed by atoms with Gasteiger partial charge < -0.3 is 10.5 Å². The van der Waals surface area contributed by atoms with Crippen LogP contribution in [-0.4, -0.2) is 30.6 Å². The fourth-order valence-electron chi connectivity index (χ4n) is 2.85. The predicted molar refractivity (Wildman–Crippen MR) is 88.6 cm³/mol. The van der Waals surface area contributed by atoms with Crippen molar-refractivity contribution in [3.05, 3.63) is 29.8 Å². The Labute approximate surface area is 129 Å². The molecule has 0 amide bonds. The summed E-state index contributed by atoms with van der Waals surface area (Å²) >= 11 is 0. The lowest BCUT2D eigenvalue weighted by molar-refractivity contribution is 0.169. The van der Waals surface area contributed by atoms with Gasteiger partial charge in [0.15, 0.2) is 0 Å². The topological polar surface area (TPSA) is 38.5 Å². The molecule has 2 N–H and O–H groups in total. The number of hydrogen-bond acceptors (Lipinski definition) is 3. The SMILES string of the molecule is CCCOc1cccc(C(CN)N(CC(C)C)C2CC2)c1. The van der Waals surface area contributed by atoms with Crippen LogP contribution in [0.4, 0.5) is 0 Å². The van der Waals surface area contributed by atoms with E-state index in [-0.39, 0.29) is 0 Å². The van der Waals surface area contributed by atoms with E-state index in [0.717, 1.165) is 31.4 Å². The van der Waals surface area contributed by atoms with E-state index in [1.807, 2.05) is 6.07 Å². The number of benzene rings is 1. The molecule has 1 aliphatic rings. The number of nitrogens with two attached hydrogens (primary N) is 1. The molecule has 1 fully saturated rings. The molecule has 1 aliphatic carbocycles.